The second-order valence-corrected chi connectivity index (χ2v) is 6.72. The fourth-order valence-corrected chi connectivity index (χ4v) is 3.69. The highest BCUT2D eigenvalue weighted by Gasteiger charge is 2.16. The average molecular weight is 389 g/mol. The summed E-state index contributed by atoms with van der Waals surface area (Å²) in [4.78, 5) is 22.7. The zero-order valence-electron chi connectivity index (χ0n) is 15.8. The first-order valence-corrected chi connectivity index (χ1v) is 9.29. The highest BCUT2D eigenvalue weighted by atomic mass is 32.1. The van der Waals surface area contributed by atoms with Gasteiger partial charge in [0.15, 0.2) is 5.84 Å². The van der Waals surface area contributed by atoms with Crippen LogP contribution in [0.25, 0.3) is 32.0 Å². The van der Waals surface area contributed by atoms with Gasteiger partial charge in [0.25, 0.3) is 0 Å². The van der Waals surface area contributed by atoms with Crippen LogP contribution in [0.3, 0.4) is 0 Å². The van der Waals surface area contributed by atoms with Crippen LogP contribution in [-0.4, -0.2) is 39.1 Å². The van der Waals surface area contributed by atoms with Gasteiger partial charge in [-0.1, -0.05) is 0 Å². The molecule has 0 saturated heterocycles. The Kier molecular flexibility index (Phi) is 5.86. The lowest BCUT2D eigenvalue weighted by molar-refractivity contribution is 0.968. The summed E-state index contributed by atoms with van der Waals surface area (Å²) in [7, 11) is 3.70. The van der Waals surface area contributed by atoms with Gasteiger partial charge >= 0.3 is 0 Å². The van der Waals surface area contributed by atoms with Crippen LogP contribution in [0.5, 0.6) is 0 Å². The molecule has 4 aromatic heterocycles. The summed E-state index contributed by atoms with van der Waals surface area (Å²) >= 11 is 1.58. The standard InChI is InChI=1S/C19H16N6S.C2H4/c1-20-18(21-2)17-13-6-8-25(3)15(13)9-14(24-17)16-11-23-19(26-16)12-5-4-7-22-10-12;1-2/h4-11H,1H2,2-3H3;1-2H2. The molecule has 0 spiro atoms. The summed E-state index contributed by atoms with van der Waals surface area (Å²) in [5, 5.41) is 1.91. The van der Waals surface area contributed by atoms with Crippen LogP contribution in [0.1, 0.15) is 5.69 Å². The van der Waals surface area contributed by atoms with E-state index in [9.17, 15) is 0 Å². The van der Waals surface area contributed by atoms with Crippen LogP contribution in [0.2, 0.25) is 0 Å². The molecule has 4 heterocycles. The molecular weight excluding hydrogens is 368 g/mol. The highest BCUT2D eigenvalue weighted by Crippen LogP contribution is 2.33. The van der Waals surface area contributed by atoms with E-state index < -0.39 is 0 Å². The molecule has 4 aromatic rings. The van der Waals surface area contributed by atoms with Crippen molar-refractivity contribution in [3.8, 4) is 21.1 Å². The van der Waals surface area contributed by atoms with Crippen LogP contribution in [0.15, 0.2) is 72.2 Å². The van der Waals surface area contributed by atoms with E-state index in [1.165, 1.54) is 0 Å². The van der Waals surface area contributed by atoms with Crippen molar-refractivity contribution in [3.05, 3.63) is 67.9 Å². The molecule has 0 unspecified atom stereocenters. The lowest BCUT2D eigenvalue weighted by Crippen LogP contribution is -2.02. The lowest BCUT2D eigenvalue weighted by Gasteiger charge is -2.06. The van der Waals surface area contributed by atoms with Crippen molar-refractivity contribution in [1.82, 2.24) is 19.5 Å². The first-order valence-electron chi connectivity index (χ1n) is 8.48. The van der Waals surface area contributed by atoms with E-state index in [-0.39, 0.29) is 0 Å². The molecule has 0 N–H and O–H groups in total. The van der Waals surface area contributed by atoms with E-state index >= 15 is 0 Å². The largest absolute Gasteiger partial charge is 0.350 e. The third-order valence-corrected chi connectivity index (χ3v) is 5.19. The SMILES string of the molecule is C=C.C=NC(=NC)c1nc(-c2cnc(-c3cccnc3)s2)cc2c1ccn2C. The molecule has 6 nitrogen and oxygen atoms in total. The number of thiazole rings is 1. The van der Waals surface area contributed by atoms with Crippen molar-refractivity contribution in [2.24, 2.45) is 17.0 Å². The number of aromatic nitrogens is 4. The molecule has 28 heavy (non-hydrogen) atoms. The fraction of sp³-hybridized carbons (Fsp3) is 0.0952. The number of hydrogen-bond donors (Lipinski definition) is 0. The number of amidine groups is 1. The van der Waals surface area contributed by atoms with Crippen LogP contribution < -0.4 is 0 Å². The maximum Gasteiger partial charge on any atom is 0.173 e. The van der Waals surface area contributed by atoms with E-state index in [1.54, 1.807) is 24.6 Å². The minimum Gasteiger partial charge on any atom is -0.350 e. The average Bonchev–Trinajstić information content (AvgIpc) is 3.39. The molecule has 140 valence electrons. The van der Waals surface area contributed by atoms with Crippen LogP contribution in [0, 0.1) is 0 Å². The Balaban J connectivity index is 0.00000109. The Morgan fingerprint density at radius 1 is 1.21 bits per heavy atom. The maximum atomic E-state index is 4.81. The van der Waals surface area contributed by atoms with Gasteiger partial charge in [-0.15, -0.1) is 24.5 Å². The molecule has 0 amide bonds. The van der Waals surface area contributed by atoms with E-state index in [1.807, 2.05) is 43.8 Å². The monoisotopic (exact) mass is 388 g/mol. The topological polar surface area (TPSA) is 68.3 Å². The number of nitrogens with zero attached hydrogens (tertiary/aromatic N) is 6. The smallest absolute Gasteiger partial charge is 0.173 e. The molecule has 0 fully saturated rings. The second-order valence-electron chi connectivity index (χ2n) is 5.69. The molecule has 0 aliphatic heterocycles. The van der Waals surface area contributed by atoms with Gasteiger partial charge in [-0.2, -0.15) is 0 Å². The van der Waals surface area contributed by atoms with Crippen LogP contribution >= 0.6 is 11.3 Å². The van der Waals surface area contributed by atoms with Gasteiger partial charge in [0.2, 0.25) is 0 Å². The summed E-state index contributed by atoms with van der Waals surface area (Å²) in [6.07, 6.45) is 7.41. The van der Waals surface area contributed by atoms with Gasteiger partial charge in [0.1, 0.15) is 10.7 Å². The van der Waals surface area contributed by atoms with Gasteiger partial charge in [-0.25, -0.2) is 15.0 Å². The number of hydrogen-bond acceptors (Lipinski definition) is 5. The van der Waals surface area contributed by atoms with Crippen molar-refractivity contribution < 1.29 is 0 Å². The molecule has 4 rings (SSSR count). The number of aliphatic imine (C=N–C) groups is 2. The van der Waals surface area contributed by atoms with Crippen molar-refractivity contribution >= 4 is 34.8 Å². The van der Waals surface area contributed by atoms with Gasteiger partial charge < -0.3 is 4.57 Å². The fourth-order valence-electron chi connectivity index (χ4n) is 2.83. The van der Waals surface area contributed by atoms with Gasteiger partial charge in [-0.3, -0.25) is 9.98 Å². The predicted octanol–water partition coefficient (Wildman–Crippen LogP) is 4.64. The molecule has 0 radical (unpaired) electrons. The summed E-state index contributed by atoms with van der Waals surface area (Å²) in [5.74, 6) is 0.528. The summed E-state index contributed by atoms with van der Waals surface area (Å²) in [5.41, 5.74) is 3.62. The number of rotatable bonds is 3. The normalized spacial score (nSPS) is 11.1. The Bertz CT molecular complexity index is 1140. The van der Waals surface area contributed by atoms with E-state index in [0.717, 1.165) is 37.7 Å². The molecule has 0 saturated carbocycles. The van der Waals surface area contributed by atoms with Crippen molar-refractivity contribution in [2.75, 3.05) is 7.05 Å². The number of aryl methyl sites for hydroxylation is 1. The highest BCUT2D eigenvalue weighted by molar-refractivity contribution is 7.18. The minimum absolute atomic E-state index is 0.528. The third-order valence-electron chi connectivity index (χ3n) is 4.12. The number of fused-ring (bicyclic) bond motifs is 1. The van der Waals surface area contributed by atoms with Gasteiger partial charge in [0, 0.05) is 49.8 Å². The predicted molar refractivity (Wildman–Crippen MR) is 118 cm³/mol. The minimum atomic E-state index is 0.528. The third kappa shape index (κ3) is 3.52. The van der Waals surface area contributed by atoms with Crippen LogP contribution in [0.4, 0.5) is 0 Å². The summed E-state index contributed by atoms with van der Waals surface area (Å²) < 4.78 is 2.06. The molecule has 0 atom stereocenters. The number of pyridine rings is 2. The van der Waals surface area contributed by atoms with Crippen molar-refractivity contribution in [2.45, 2.75) is 0 Å². The molecule has 0 aliphatic carbocycles. The van der Waals surface area contributed by atoms with Gasteiger partial charge in [0.05, 0.1) is 16.1 Å². The zero-order chi connectivity index (χ0) is 20.1. The zero-order valence-corrected chi connectivity index (χ0v) is 16.6. The maximum absolute atomic E-state index is 4.81. The molecule has 0 aromatic carbocycles. The van der Waals surface area contributed by atoms with E-state index in [0.29, 0.717) is 5.84 Å². The molecule has 0 aliphatic rings. The van der Waals surface area contributed by atoms with Crippen LogP contribution in [-0.2, 0) is 7.05 Å². The lowest BCUT2D eigenvalue weighted by atomic mass is 10.2. The van der Waals surface area contributed by atoms with Crippen molar-refractivity contribution in [1.29, 1.82) is 0 Å². The van der Waals surface area contributed by atoms with E-state index in [4.69, 9.17) is 4.98 Å². The Hall–Kier alpha value is -3.45. The Labute approximate surface area is 167 Å². The Morgan fingerprint density at radius 2 is 2.04 bits per heavy atom. The molecule has 7 heteroatoms. The second kappa shape index (κ2) is 8.49. The molecular formula is C21H20N6S. The first-order chi connectivity index (χ1) is 13.7. The Morgan fingerprint density at radius 3 is 2.71 bits per heavy atom. The molecule has 0 bridgehead atoms. The summed E-state index contributed by atoms with van der Waals surface area (Å²) in [6.45, 7) is 9.62. The van der Waals surface area contributed by atoms with Crippen molar-refractivity contribution in [3.63, 3.8) is 0 Å². The summed E-state index contributed by atoms with van der Waals surface area (Å²) in [6, 6.07) is 7.99. The first kappa shape index (κ1) is 19.3. The van der Waals surface area contributed by atoms with Gasteiger partial charge in [-0.05, 0) is 31.0 Å². The van der Waals surface area contributed by atoms with E-state index in [2.05, 4.69) is 50.5 Å². The quantitative estimate of drug-likeness (QED) is 0.292.